The van der Waals surface area contributed by atoms with Gasteiger partial charge in [-0.25, -0.2) is 0 Å². The van der Waals surface area contributed by atoms with Crippen molar-refractivity contribution in [1.29, 1.82) is 0 Å². The van der Waals surface area contributed by atoms with Gasteiger partial charge < -0.3 is 5.32 Å². The average molecular weight is 410 g/mol. The van der Waals surface area contributed by atoms with Crippen molar-refractivity contribution in [1.82, 2.24) is 5.32 Å². The SMILES string of the molecule is CCNC1CCC(CC#Cc2ccc(C3C4CC5CC(C4)CC3C5)c(Cl)c2)CC1. The van der Waals surface area contributed by atoms with Crippen LogP contribution < -0.4 is 5.32 Å². The molecule has 29 heavy (non-hydrogen) atoms. The summed E-state index contributed by atoms with van der Waals surface area (Å²) in [7, 11) is 0. The Morgan fingerprint density at radius 2 is 1.66 bits per heavy atom. The summed E-state index contributed by atoms with van der Waals surface area (Å²) in [6.45, 7) is 3.30. The first-order valence-corrected chi connectivity index (χ1v) is 12.6. The molecule has 5 fully saturated rings. The Balaban J connectivity index is 1.21. The summed E-state index contributed by atoms with van der Waals surface area (Å²) in [6, 6.07) is 7.44. The molecule has 0 heterocycles. The first-order valence-electron chi connectivity index (χ1n) is 12.2. The largest absolute Gasteiger partial charge is 0.314 e. The second kappa shape index (κ2) is 8.64. The van der Waals surface area contributed by atoms with Crippen LogP contribution in [0.5, 0.6) is 0 Å². The summed E-state index contributed by atoms with van der Waals surface area (Å²) < 4.78 is 0. The van der Waals surface area contributed by atoms with Crippen LogP contribution in [0.4, 0.5) is 0 Å². The second-order valence-electron chi connectivity index (χ2n) is 10.5. The summed E-state index contributed by atoms with van der Waals surface area (Å²) in [6.07, 6.45) is 13.6. The van der Waals surface area contributed by atoms with E-state index >= 15 is 0 Å². The molecule has 0 atom stereocenters. The Morgan fingerprint density at radius 3 is 2.28 bits per heavy atom. The quantitative estimate of drug-likeness (QED) is 0.539. The van der Waals surface area contributed by atoms with Gasteiger partial charge in [0.15, 0.2) is 0 Å². The molecule has 4 bridgehead atoms. The van der Waals surface area contributed by atoms with Crippen LogP contribution >= 0.6 is 11.6 Å². The fourth-order valence-electron chi connectivity index (χ4n) is 7.47. The van der Waals surface area contributed by atoms with Crippen molar-refractivity contribution in [3.8, 4) is 11.8 Å². The molecule has 1 N–H and O–H groups in total. The summed E-state index contributed by atoms with van der Waals surface area (Å²) in [5, 5.41) is 4.57. The molecule has 1 nitrogen and oxygen atoms in total. The van der Waals surface area contributed by atoms with Gasteiger partial charge >= 0.3 is 0 Å². The first-order chi connectivity index (χ1) is 14.2. The van der Waals surface area contributed by atoms with E-state index in [9.17, 15) is 0 Å². The Bertz CT molecular complexity index is 751. The molecular weight excluding hydrogens is 374 g/mol. The Labute approximate surface area is 182 Å². The molecule has 0 aliphatic heterocycles. The number of benzene rings is 1. The third kappa shape index (κ3) is 4.26. The van der Waals surface area contributed by atoms with Crippen LogP contribution in [0.2, 0.25) is 5.02 Å². The maximum atomic E-state index is 6.82. The van der Waals surface area contributed by atoms with E-state index in [1.54, 1.807) is 0 Å². The summed E-state index contributed by atoms with van der Waals surface area (Å²) in [4.78, 5) is 0. The first kappa shape index (κ1) is 20.0. The Kier molecular flexibility index (Phi) is 5.95. The molecule has 0 radical (unpaired) electrons. The van der Waals surface area contributed by atoms with Crippen LogP contribution in [-0.4, -0.2) is 12.6 Å². The predicted molar refractivity (Wildman–Crippen MR) is 122 cm³/mol. The molecule has 5 aliphatic carbocycles. The number of nitrogens with one attached hydrogen (secondary N) is 1. The summed E-state index contributed by atoms with van der Waals surface area (Å²) in [5.41, 5.74) is 2.52. The lowest BCUT2D eigenvalue weighted by Gasteiger charge is -2.54. The highest BCUT2D eigenvalue weighted by Gasteiger charge is 2.48. The number of rotatable bonds is 4. The van der Waals surface area contributed by atoms with E-state index < -0.39 is 0 Å². The normalized spacial score (nSPS) is 37.9. The van der Waals surface area contributed by atoms with Gasteiger partial charge in [-0.2, -0.15) is 0 Å². The molecule has 5 aliphatic rings. The maximum absolute atomic E-state index is 6.82. The van der Waals surface area contributed by atoms with Crippen molar-refractivity contribution in [2.75, 3.05) is 6.54 Å². The van der Waals surface area contributed by atoms with Crippen LogP contribution in [0.1, 0.15) is 88.2 Å². The zero-order chi connectivity index (χ0) is 19.8. The van der Waals surface area contributed by atoms with Gasteiger partial charge in [-0.15, -0.1) is 0 Å². The highest BCUT2D eigenvalue weighted by atomic mass is 35.5. The lowest BCUT2D eigenvalue weighted by Crippen LogP contribution is -2.43. The summed E-state index contributed by atoms with van der Waals surface area (Å²) in [5.74, 6) is 12.2. The van der Waals surface area contributed by atoms with Gasteiger partial charge in [0.2, 0.25) is 0 Å². The van der Waals surface area contributed by atoms with Gasteiger partial charge in [0.1, 0.15) is 0 Å². The highest BCUT2D eigenvalue weighted by Crippen LogP contribution is 2.60. The maximum Gasteiger partial charge on any atom is 0.0453 e. The van der Waals surface area contributed by atoms with E-state index in [4.69, 9.17) is 11.6 Å². The van der Waals surface area contributed by atoms with Gasteiger partial charge in [0.05, 0.1) is 0 Å². The van der Waals surface area contributed by atoms with Gasteiger partial charge in [0.25, 0.3) is 0 Å². The smallest absolute Gasteiger partial charge is 0.0453 e. The van der Waals surface area contributed by atoms with Crippen LogP contribution in [0.25, 0.3) is 0 Å². The minimum Gasteiger partial charge on any atom is -0.314 e. The molecule has 0 amide bonds. The molecular formula is C27H36ClN. The van der Waals surface area contributed by atoms with Gasteiger partial charge in [-0.05, 0) is 118 Å². The van der Waals surface area contributed by atoms with Crippen LogP contribution in [0, 0.1) is 41.4 Å². The fraction of sp³-hybridized carbons (Fsp3) is 0.704. The summed E-state index contributed by atoms with van der Waals surface area (Å²) >= 11 is 6.82. The average Bonchev–Trinajstić information content (AvgIpc) is 2.70. The van der Waals surface area contributed by atoms with Crippen LogP contribution in [0.15, 0.2) is 18.2 Å². The van der Waals surface area contributed by atoms with Crippen LogP contribution in [-0.2, 0) is 0 Å². The minimum absolute atomic E-state index is 0.712. The molecule has 0 spiro atoms. The lowest BCUT2D eigenvalue weighted by atomic mass is 9.51. The molecule has 156 valence electrons. The Hall–Kier alpha value is -0.970. The zero-order valence-corrected chi connectivity index (χ0v) is 18.7. The molecule has 5 saturated carbocycles. The van der Waals surface area contributed by atoms with Crippen molar-refractivity contribution in [2.45, 2.75) is 83.1 Å². The highest BCUT2D eigenvalue weighted by molar-refractivity contribution is 6.31. The minimum atomic E-state index is 0.712. The zero-order valence-electron chi connectivity index (χ0n) is 17.9. The molecule has 6 rings (SSSR count). The second-order valence-corrected chi connectivity index (χ2v) is 10.9. The van der Waals surface area contributed by atoms with Crippen molar-refractivity contribution in [3.63, 3.8) is 0 Å². The third-order valence-electron chi connectivity index (χ3n) is 8.55. The van der Waals surface area contributed by atoms with E-state index in [-0.39, 0.29) is 0 Å². The van der Waals surface area contributed by atoms with Crippen molar-refractivity contribution < 1.29 is 0 Å². The van der Waals surface area contributed by atoms with E-state index in [1.165, 1.54) is 63.4 Å². The Morgan fingerprint density at radius 1 is 0.966 bits per heavy atom. The molecule has 0 saturated heterocycles. The van der Waals surface area contributed by atoms with Gasteiger partial charge in [0, 0.05) is 23.0 Å². The predicted octanol–water partition coefficient (Wildman–Crippen LogP) is 6.79. The topological polar surface area (TPSA) is 12.0 Å². The standard InChI is InChI=1S/C27H36ClN/c1-2-29-24-9-6-18(7-10-24)4-3-5-19-8-11-25(26(28)17-19)27-22-13-20-12-21(15-22)16-23(27)14-20/h8,11,17-18,20-24,27,29H,2,4,6-7,9-10,12-16H2,1H3. The van der Waals surface area contributed by atoms with Crippen molar-refractivity contribution in [2.24, 2.45) is 29.6 Å². The van der Waals surface area contributed by atoms with Crippen molar-refractivity contribution in [3.05, 3.63) is 34.3 Å². The number of halogens is 1. The lowest BCUT2D eigenvalue weighted by molar-refractivity contribution is -0.00275. The van der Waals surface area contributed by atoms with Gasteiger partial charge in [-0.1, -0.05) is 36.4 Å². The molecule has 0 unspecified atom stereocenters. The van der Waals surface area contributed by atoms with Crippen LogP contribution in [0.3, 0.4) is 0 Å². The molecule has 2 heteroatoms. The van der Waals surface area contributed by atoms with E-state index in [0.717, 1.165) is 59.2 Å². The number of hydrogen-bond donors (Lipinski definition) is 1. The van der Waals surface area contributed by atoms with Crippen molar-refractivity contribution >= 4 is 11.6 Å². The third-order valence-corrected chi connectivity index (χ3v) is 8.88. The molecule has 0 aromatic heterocycles. The number of hydrogen-bond acceptors (Lipinski definition) is 1. The van der Waals surface area contributed by atoms with Gasteiger partial charge in [-0.3, -0.25) is 0 Å². The molecule has 1 aromatic rings. The van der Waals surface area contributed by atoms with E-state index in [2.05, 4.69) is 42.3 Å². The fourth-order valence-corrected chi connectivity index (χ4v) is 7.77. The molecule has 1 aromatic carbocycles. The van der Waals surface area contributed by atoms with E-state index in [0.29, 0.717) is 5.92 Å². The monoisotopic (exact) mass is 409 g/mol. The van der Waals surface area contributed by atoms with E-state index in [1.807, 2.05) is 0 Å².